The molecular formula is C11H20N2O2. The highest BCUT2D eigenvalue weighted by Crippen LogP contribution is 2.31. The van der Waals surface area contributed by atoms with Gasteiger partial charge in [-0.1, -0.05) is 19.4 Å². The third kappa shape index (κ3) is 3.23. The Morgan fingerprint density at radius 1 is 1.67 bits per heavy atom. The highest BCUT2D eigenvalue weighted by atomic mass is 16.4. The van der Waals surface area contributed by atoms with Gasteiger partial charge in [0, 0.05) is 13.2 Å². The minimum absolute atomic E-state index is 0.0347. The molecule has 1 rings (SSSR count). The third-order valence-electron chi connectivity index (χ3n) is 3.14. The largest absolute Gasteiger partial charge is 0.481 e. The fraction of sp³-hybridized carbons (Fsp3) is 0.727. The van der Waals surface area contributed by atoms with Gasteiger partial charge >= 0.3 is 5.97 Å². The Labute approximate surface area is 90.9 Å². The van der Waals surface area contributed by atoms with E-state index in [9.17, 15) is 4.79 Å². The van der Waals surface area contributed by atoms with Gasteiger partial charge in [-0.15, -0.1) is 0 Å². The van der Waals surface area contributed by atoms with Crippen LogP contribution in [0.5, 0.6) is 0 Å². The second-order valence-corrected chi connectivity index (χ2v) is 4.02. The number of rotatable bonds is 6. The maximum atomic E-state index is 10.8. The summed E-state index contributed by atoms with van der Waals surface area (Å²) in [6.07, 6.45) is 6.54. The SMILES string of the molecule is C=CN(NC)[C@H](CC(=O)O)C1CCCC1. The lowest BCUT2D eigenvalue weighted by atomic mass is 9.95. The molecule has 1 fully saturated rings. The molecule has 0 amide bonds. The molecule has 4 nitrogen and oxygen atoms in total. The second kappa shape index (κ2) is 5.75. The lowest BCUT2D eigenvalue weighted by Gasteiger charge is -2.32. The van der Waals surface area contributed by atoms with E-state index in [1.807, 2.05) is 5.01 Å². The molecule has 0 aliphatic heterocycles. The van der Waals surface area contributed by atoms with Crippen LogP contribution in [0.1, 0.15) is 32.1 Å². The van der Waals surface area contributed by atoms with Crippen LogP contribution in [0.4, 0.5) is 0 Å². The first kappa shape index (κ1) is 12.0. The van der Waals surface area contributed by atoms with Gasteiger partial charge in [-0.3, -0.25) is 4.79 Å². The van der Waals surface area contributed by atoms with Crippen molar-refractivity contribution in [3.63, 3.8) is 0 Å². The second-order valence-electron chi connectivity index (χ2n) is 4.02. The Kier molecular flexibility index (Phi) is 4.62. The van der Waals surface area contributed by atoms with Crippen molar-refractivity contribution in [2.24, 2.45) is 5.92 Å². The molecule has 15 heavy (non-hydrogen) atoms. The van der Waals surface area contributed by atoms with E-state index in [0.29, 0.717) is 5.92 Å². The summed E-state index contributed by atoms with van der Waals surface area (Å²) in [5, 5.41) is 10.7. The molecule has 1 atom stereocenters. The van der Waals surface area contributed by atoms with Gasteiger partial charge < -0.3 is 10.1 Å². The van der Waals surface area contributed by atoms with E-state index in [0.717, 1.165) is 12.8 Å². The fourth-order valence-corrected chi connectivity index (χ4v) is 2.41. The Bertz CT molecular complexity index is 225. The first-order chi connectivity index (χ1) is 7.19. The van der Waals surface area contributed by atoms with Crippen LogP contribution >= 0.6 is 0 Å². The zero-order valence-electron chi connectivity index (χ0n) is 9.28. The molecule has 2 N–H and O–H groups in total. The molecule has 0 heterocycles. The molecule has 1 saturated carbocycles. The zero-order valence-corrected chi connectivity index (χ0v) is 9.28. The summed E-state index contributed by atoms with van der Waals surface area (Å²) in [7, 11) is 1.80. The monoisotopic (exact) mass is 212 g/mol. The van der Waals surface area contributed by atoms with Crippen LogP contribution in [0.15, 0.2) is 12.8 Å². The van der Waals surface area contributed by atoms with Crippen molar-refractivity contribution >= 4 is 5.97 Å². The predicted octanol–water partition coefficient (Wildman–Crippen LogP) is 1.60. The van der Waals surface area contributed by atoms with Crippen molar-refractivity contribution in [2.75, 3.05) is 7.05 Å². The van der Waals surface area contributed by atoms with E-state index in [1.54, 1.807) is 13.2 Å². The van der Waals surface area contributed by atoms with Crippen molar-refractivity contribution in [1.82, 2.24) is 10.4 Å². The Morgan fingerprint density at radius 3 is 2.67 bits per heavy atom. The van der Waals surface area contributed by atoms with Gasteiger partial charge in [0.05, 0.1) is 12.5 Å². The Hall–Kier alpha value is -1.03. The maximum Gasteiger partial charge on any atom is 0.305 e. The Morgan fingerprint density at radius 2 is 2.27 bits per heavy atom. The van der Waals surface area contributed by atoms with Crippen LogP contribution in [0.25, 0.3) is 0 Å². The average Bonchev–Trinajstić information content (AvgIpc) is 2.70. The number of hydrogen-bond donors (Lipinski definition) is 2. The number of hydrogen-bond acceptors (Lipinski definition) is 3. The van der Waals surface area contributed by atoms with Gasteiger partial charge in [-0.25, -0.2) is 5.43 Å². The summed E-state index contributed by atoms with van der Waals surface area (Å²) in [5.74, 6) is -0.263. The number of carboxylic acid groups (broad SMARTS) is 1. The maximum absolute atomic E-state index is 10.8. The van der Waals surface area contributed by atoms with Crippen molar-refractivity contribution in [2.45, 2.75) is 38.1 Å². The molecule has 1 aliphatic carbocycles. The minimum atomic E-state index is -0.742. The van der Waals surface area contributed by atoms with Crippen LogP contribution in [0.2, 0.25) is 0 Å². The van der Waals surface area contributed by atoms with Crippen molar-refractivity contribution in [3.05, 3.63) is 12.8 Å². The molecule has 0 aromatic carbocycles. The van der Waals surface area contributed by atoms with E-state index in [2.05, 4.69) is 12.0 Å². The Balaban J connectivity index is 2.65. The molecule has 0 spiro atoms. The quantitative estimate of drug-likeness (QED) is 0.657. The molecule has 0 aromatic rings. The first-order valence-electron chi connectivity index (χ1n) is 5.49. The molecule has 86 valence electrons. The van der Waals surface area contributed by atoms with E-state index in [4.69, 9.17) is 5.11 Å². The molecule has 1 aliphatic rings. The first-order valence-corrected chi connectivity index (χ1v) is 5.49. The summed E-state index contributed by atoms with van der Waals surface area (Å²) >= 11 is 0. The van der Waals surface area contributed by atoms with Crippen LogP contribution in [0, 0.1) is 5.92 Å². The van der Waals surface area contributed by atoms with Crippen LogP contribution < -0.4 is 5.43 Å². The number of nitrogens with one attached hydrogen (secondary N) is 1. The smallest absolute Gasteiger partial charge is 0.305 e. The van der Waals surface area contributed by atoms with Gasteiger partial charge in [0.2, 0.25) is 0 Å². The van der Waals surface area contributed by atoms with Crippen LogP contribution in [-0.2, 0) is 4.79 Å². The van der Waals surface area contributed by atoms with E-state index >= 15 is 0 Å². The molecule has 0 radical (unpaired) electrons. The minimum Gasteiger partial charge on any atom is -0.481 e. The highest BCUT2D eigenvalue weighted by molar-refractivity contribution is 5.67. The number of carboxylic acids is 1. The van der Waals surface area contributed by atoms with Crippen LogP contribution in [-0.4, -0.2) is 29.2 Å². The fourth-order valence-electron chi connectivity index (χ4n) is 2.41. The van der Waals surface area contributed by atoms with Gasteiger partial charge in [0.1, 0.15) is 0 Å². The lowest BCUT2D eigenvalue weighted by molar-refractivity contribution is -0.139. The molecule has 0 bridgehead atoms. The number of hydrazine groups is 1. The summed E-state index contributed by atoms with van der Waals surface area (Å²) in [4.78, 5) is 10.8. The van der Waals surface area contributed by atoms with Crippen molar-refractivity contribution in [3.8, 4) is 0 Å². The third-order valence-corrected chi connectivity index (χ3v) is 3.14. The van der Waals surface area contributed by atoms with Crippen molar-refractivity contribution in [1.29, 1.82) is 0 Å². The molecule has 4 heteroatoms. The topological polar surface area (TPSA) is 52.6 Å². The number of carbonyl (C=O) groups is 1. The molecular weight excluding hydrogens is 192 g/mol. The molecule has 0 aromatic heterocycles. The van der Waals surface area contributed by atoms with E-state index in [-0.39, 0.29) is 12.5 Å². The van der Waals surface area contributed by atoms with Crippen LogP contribution in [0.3, 0.4) is 0 Å². The zero-order chi connectivity index (χ0) is 11.3. The molecule has 0 unspecified atom stereocenters. The summed E-state index contributed by atoms with van der Waals surface area (Å²) in [6.45, 7) is 3.70. The summed E-state index contributed by atoms with van der Waals surface area (Å²) in [6, 6.07) is 0.0347. The van der Waals surface area contributed by atoms with Gasteiger partial charge in [0.25, 0.3) is 0 Å². The summed E-state index contributed by atoms with van der Waals surface area (Å²) in [5.41, 5.74) is 2.99. The predicted molar refractivity (Wildman–Crippen MR) is 59.1 cm³/mol. The number of nitrogens with zero attached hydrogens (tertiary/aromatic N) is 1. The molecule has 0 saturated heterocycles. The highest BCUT2D eigenvalue weighted by Gasteiger charge is 2.29. The van der Waals surface area contributed by atoms with Crippen molar-refractivity contribution < 1.29 is 9.90 Å². The van der Waals surface area contributed by atoms with Gasteiger partial charge in [-0.2, -0.15) is 0 Å². The normalized spacial score (nSPS) is 18.7. The average molecular weight is 212 g/mol. The lowest BCUT2D eigenvalue weighted by Crippen LogP contribution is -2.44. The number of aliphatic carboxylic acids is 1. The van der Waals surface area contributed by atoms with Gasteiger partial charge in [0.15, 0.2) is 0 Å². The van der Waals surface area contributed by atoms with E-state index in [1.165, 1.54) is 12.8 Å². The standard InChI is InChI=1S/C11H20N2O2/c1-3-13(12-2)10(8-11(14)15)9-6-4-5-7-9/h3,9-10,12H,1,4-8H2,2H3,(H,14,15)/t10-/m1/s1. The van der Waals surface area contributed by atoms with Gasteiger partial charge in [-0.05, 0) is 18.8 Å². The van der Waals surface area contributed by atoms with E-state index < -0.39 is 5.97 Å². The summed E-state index contributed by atoms with van der Waals surface area (Å²) < 4.78 is 0.